The van der Waals surface area contributed by atoms with Crippen LogP contribution < -0.4 is 0 Å². The lowest BCUT2D eigenvalue weighted by atomic mass is 9.91. The molecular weight excluding hydrogens is 164 g/mol. The maximum atomic E-state index is 5.70. The van der Waals surface area contributed by atoms with Crippen LogP contribution in [0.25, 0.3) is 0 Å². The van der Waals surface area contributed by atoms with E-state index in [0.717, 1.165) is 13.2 Å². The van der Waals surface area contributed by atoms with Crippen LogP contribution in [-0.2, 0) is 9.47 Å². The first kappa shape index (κ1) is 7.54. The van der Waals surface area contributed by atoms with Gasteiger partial charge in [0.05, 0.1) is 19.8 Å². The van der Waals surface area contributed by atoms with Gasteiger partial charge in [-0.25, -0.2) is 0 Å². The first-order valence-corrected chi connectivity index (χ1v) is 4.73. The Hall–Kier alpha value is -0.860. The van der Waals surface area contributed by atoms with Crippen molar-refractivity contribution in [1.29, 1.82) is 0 Å². The third-order valence-electron chi connectivity index (χ3n) is 2.87. The Morgan fingerprint density at radius 1 is 1.00 bits per heavy atom. The van der Waals surface area contributed by atoms with Gasteiger partial charge < -0.3 is 9.47 Å². The molecule has 3 heterocycles. The number of hydrogen-bond donors (Lipinski definition) is 0. The lowest BCUT2D eigenvalue weighted by Gasteiger charge is -2.26. The number of benzene rings is 1. The van der Waals surface area contributed by atoms with Gasteiger partial charge in [0.2, 0.25) is 0 Å². The summed E-state index contributed by atoms with van der Waals surface area (Å²) in [6.45, 7) is 2.35. The van der Waals surface area contributed by atoms with Crippen molar-refractivity contribution in [2.75, 3.05) is 19.8 Å². The van der Waals surface area contributed by atoms with Crippen molar-refractivity contribution < 1.29 is 9.47 Å². The van der Waals surface area contributed by atoms with Gasteiger partial charge in [-0.05, 0) is 11.1 Å². The molecule has 1 fully saturated rings. The molecule has 1 saturated heterocycles. The fourth-order valence-electron chi connectivity index (χ4n) is 2.18. The number of fused-ring (bicyclic) bond motifs is 3. The molecule has 0 radical (unpaired) electrons. The highest BCUT2D eigenvalue weighted by Crippen LogP contribution is 2.36. The second-order valence-electron chi connectivity index (χ2n) is 3.69. The largest absolute Gasteiger partial charge is 0.378 e. The Morgan fingerprint density at radius 2 is 1.85 bits per heavy atom. The van der Waals surface area contributed by atoms with Gasteiger partial charge in [-0.15, -0.1) is 0 Å². The second kappa shape index (κ2) is 2.82. The summed E-state index contributed by atoms with van der Waals surface area (Å²) in [7, 11) is 0. The first-order chi connectivity index (χ1) is 6.45. The van der Waals surface area contributed by atoms with E-state index in [1.54, 1.807) is 0 Å². The van der Waals surface area contributed by atoms with E-state index in [1.165, 1.54) is 11.1 Å². The van der Waals surface area contributed by atoms with E-state index in [2.05, 4.69) is 24.3 Å². The van der Waals surface area contributed by atoms with Gasteiger partial charge in [0, 0.05) is 5.92 Å². The van der Waals surface area contributed by atoms with Crippen LogP contribution in [0.4, 0.5) is 0 Å². The van der Waals surface area contributed by atoms with E-state index in [1.807, 2.05) is 0 Å². The molecule has 2 atom stereocenters. The predicted octanol–water partition coefficient (Wildman–Crippen LogP) is 1.87. The van der Waals surface area contributed by atoms with Crippen molar-refractivity contribution in [1.82, 2.24) is 0 Å². The molecule has 4 rings (SSSR count). The third-order valence-corrected chi connectivity index (χ3v) is 2.87. The van der Waals surface area contributed by atoms with Crippen LogP contribution in [0, 0.1) is 0 Å². The highest BCUT2D eigenvalue weighted by molar-refractivity contribution is 5.35. The Bertz CT molecular complexity index is 287. The minimum absolute atomic E-state index is 0.176. The maximum absolute atomic E-state index is 5.70. The molecule has 0 spiro atoms. The van der Waals surface area contributed by atoms with Gasteiger partial charge in [0.15, 0.2) is 0 Å². The Labute approximate surface area is 77.5 Å². The van der Waals surface area contributed by atoms with Crippen LogP contribution in [0.5, 0.6) is 0 Å². The summed E-state index contributed by atoms with van der Waals surface area (Å²) < 4.78 is 11.2. The molecule has 2 nitrogen and oxygen atoms in total. The summed E-state index contributed by atoms with van der Waals surface area (Å²) in [5, 5.41) is 0. The number of hydrogen-bond acceptors (Lipinski definition) is 2. The zero-order valence-corrected chi connectivity index (χ0v) is 7.40. The second-order valence-corrected chi connectivity index (χ2v) is 3.69. The molecule has 13 heavy (non-hydrogen) atoms. The van der Waals surface area contributed by atoms with Crippen molar-refractivity contribution in [2.45, 2.75) is 12.0 Å². The molecule has 3 aliphatic heterocycles. The summed E-state index contributed by atoms with van der Waals surface area (Å²) >= 11 is 0. The van der Waals surface area contributed by atoms with Gasteiger partial charge >= 0.3 is 0 Å². The Balaban J connectivity index is 2.15. The lowest BCUT2D eigenvalue weighted by molar-refractivity contribution is 0.0194. The smallest absolute Gasteiger partial charge is 0.106 e. The highest BCUT2D eigenvalue weighted by Gasteiger charge is 2.31. The molecule has 1 aromatic carbocycles. The van der Waals surface area contributed by atoms with E-state index in [0.29, 0.717) is 12.5 Å². The quantitative estimate of drug-likeness (QED) is 0.600. The monoisotopic (exact) mass is 176 g/mol. The lowest BCUT2D eigenvalue weighted by Crippen LogP contribution is -2.19. The van der Waals surface area contributed by atoms with Gasteiger partial charge in [0.1, 0.15) is 6.10 Å². The molecule has 2 bridgehead atoms. The molecule has 2 unspecified atom stereocenters. The van der Waals surface area contributed by atoms with Gasteiger partial charge in [0.25, 0.3) is 0 Å². The van der Waals surface area contributed by atoms with Crippen molar-refractivity contribution >= 4 is 0 Å². The van der Waals surface area contributed by atoms with E-state index in [9.17, 15) is 0 Å². The SMILES string of the molecule is c1ccc2c(c1)C1COCC2OC1. The zero-order valence-electron chi connectivity index (χ0n) is 7.40. The van der Waals surface area contributed by atoms with Crippen molar-refractivity contribution in [2.24, 2.45) is 0 Å². The average molecular weight is 176 g/mol. The van der Waals surface area contributed by atoms with Gasteiger partial charge in [-0.3, -0.25) is 0 Å². The zero-order chi connectivity index (χ0) is 8.67. The van der Waals surface area contributed by atoms with Gasteiger partial charge in [-0.2, -0.15) is 0 Å². The molecule has 0 N–H and O–H groups in total. The van der Waals surface area contributed by atoms with Gasteiger partial charge in [-0.1, -0.05) is 24.3 Å². The van der Waals surface area contributed by atoms with Crippen LogP contribution in [0.15, 0.2) is 24.3 Å². The molecule has 68 valence electrons. The summed E-state index contributed by atoms with van der Waals surface area (Å²) in [5.41, 5.74) is 2.76. The molecule has 0 aromatic heterocycles. The molecule has 3 aliphatic rings. The number of rotatable bonds is 0. The summed E-state index contributed by atoms with van der Waals surface area (Å²) in [4.78, 5) is 0. The summed E-state index contributed by atoms with van der Waals surface area (Å²) in [6, 6.07) is 8.52. The van der Waals surface area contributed by atoms with E-state index < -0.39 is 0 Å². The first-order valence-electron chi connectivity index (χ1n) is 4.73. The molecular formula is C11H12O2. The number of ether oxygens (including phenoxy) is 2. The van der Waals surface area contributed by atoms with Crippen molar-refractivity contribution in [3.63, 3.8) is 0 Å². The van der Waals surface area contributed by atoms with Crippen molar-refractivity contribution in [3.8, 4) is 0 Å². The van der Waals surface area contributed by atoms with E-state index in [-0.39, 0.29) is 6.10 Å². The minimum Gasteiger partial charge on any atom is -0.378 e. The average Bonchev–Trinajstić information content (AvgIpc) is 2.52. The standard InChI is InChI=1S/C11H12O2/c1-2-4-10-9(3-1)8-5-12-7-11(10)13-6-8/h1-4,8,11H,5-7H2. The summed E-state index contributed by atoms with van der Waals surface area (Å²) in [6.07, 6.45) is 0.176. The van der Waals surface area contributed by atoms with E-state index >= 15 is 0 Å². The molecule has 0 amide bonds. The summed E-state index contributed by atoms with van der Waals surface area (Å²) in [5.74, 6) is 0.454. The molecule has 1 aromatic rings. The van der Waals surface area contributed by atoms with Crippen LogP contribution in [0.1, 0.15) is 23.1 Å². The fourth-order valence-corrected chi connectivity index (χ4v) is 2.18. The third kappa shape index (κ3) is 1.10. The molecule has 2 heteroatoms. The molecule has 0 aliphatic carbocycles. The Morgan fingerprint density at radius 3 is 2.77 bits per heavy atom. The topological polar surface area (TPSA) is 18.5 Å². The van der Waals surface area contributed by atoms with Crippen LogP contribution in [0.2, 0.25) is 0 Å². The van der Waals surface area contributed by atoms with E-state index in [4.69, 9.17) is 9.47 Å². The fraction of sp³-hybridized carbons (Fsp3) is 0.455. The predicted molar refractivity (Wildman–Crippen MR) is 48.7 cm³/mol. The normalized spacial score (nSPS) is 31.1. The van der Waals surface area contributed by atoms with Crippen LogP contribution in [-0.4, -0.2) is 19.8 Å². The Kier molecular flexibility index (Phi) is 1.64. The maximum Gasteiger partial charge on any atom is 0.106 e. The minimum atomic E-state index is 0.176. The highest BCUT2D eigenvalue weighted by atomic mass is 16.5. The van der Waals surface area contributed by atoms with Crippen LogP contribution >= 0.6 is 0 Å². The van der Waals surface area contributed by atoms with Crippen LogP contribution in [0.3, 0.4) is 0 Å². The molecule has 0 saturated carbocycles. The van der Waals surface area contributed by atoms with Crippen molar-refractivity contribution in [3.05, 3.63) is 35.4 Å².